The molecule has 3 rings (SSSR count). The third-order valence-electron chi connectivity index (χ3n) is 3.75. The van der Waals surface area contributed by atoms with Crippen LogP contribution in [0, 0.1) is 0 Å². The standard InChI is InChI=1S/C14H20N2O2/c1-17-14-9-12(15)11(10-2-3-10)8-13(14)16-4-6-18-7-5-16/h8-10H,2-7,15H2,1H3. The van der Waals surface area contributed by atoms with E-state index in [1.807, 2.05) is 6.07 Å². The Balaban J connectivity index is 1.96. The lowest BCUT2D eigenvalue weighted by Gasteiger charge is -2.30. The molecule has 0 unspecified atom stereocenters. The van der Waals surface area contributed by atoms with Gasteiger partial charge in [0.25, 0.3) is 0 Å². The van der Waals surface area contributed by atoms with Crippen LogP contribution in [-0.2, 0) is 4.74 Å². The van der Waals surface area contributed by atoms with Gasteiger partial charge in [0.2, 0.25) is 0 Å². The highest BCUT2D eigenvalue weighted by molar-refractivity contribution is 5.69. The van der Waals surface area contributed by atoms with Crippen molar-refractivity contribution in [1.82, 2.24) is 0 Å². The van der Waals surface area contributed by atoms with Crippen LogP contribution in [0.2, 0.25) is 0 Å². The summed E-state index contributed by atoms with van der Waals surface area (Å²) in [7, 11) is 1.70. The fourth-order valence-electron chi connectivity index (χ4n) is 2.56. The second kappa shape index (κ2) is 4.69. The lowest BCUT2D eigenvalue weighted by Crippen LogP contribution is -2.36. The third kappa shape index (κ3) is 2.12. The number of rotatable bonds is 3. The van der Waals surface area contributed by atoms with E-state index >= 15 is 0 Å². The Hall–Kier alpha value is -1.42. The molecule has 1 aromatic rings. The Bertz CT molecular complexity index is 438. The maximum absolute atomic E-state index is 6.11. The van der Waals surface area contributed by atoms with Crippen molar-refractivity contribution in [2.24, 2.45) is 0 Å². The number of hydrogen-bond acceptors (Lipinski definition) is 4. The van der Waals surface area contributed by atoms with Crippen LogP contribution in [0.1, 0.15) is 24.3 Å². The number of anilines is 2. The summed E-state index contributed by atoms with van der Waals surface area (Å²) in [5, 5.41) is 0. The zero-order valence-corrected chi connectivity index (χ0v) is 10.8. The number of nitrogens with zero attached hydrogens (tertiary/aromatic N) is 1. The number of ether oxygens (including phenoxy) is 2. The fourth-order valence-corrected chi connectivity index (χ4v) is 2.56. The molecular formula is C14H20N2O2. The lowest BCUT2D eigenvalue weighted by atomic mass is 10.1. The summed E-state index contributed by atoms with van der Waals surface area (Å²) in [6.07, 6.45) is 2.53. The molecule has 2 aliphatic rings. The molecule has 0 amide bonds. The second-order valence-corrected chi connectivity index (χ2v) is 5.03. The molecule has 1 aromatic carbocycles. The Morgan fingerprint density at radius 2 is 2.00 bits per heavy atom. The molecule has 2 N–H and O–H groups in total. The van der Waals surface area contributed by atoms with Crippen LogP contribution in [0.4, 0.5) is 11.4 Å². The fraction of sp³-hybridized carbons (Fsp3) is 0.571. The largest absolute Gasteiger partial charge is 0.495 e. The molecule has 1 aliphatic heterocycles. The summed E-state index contributed by atoms with van der Waals surface area (Å²) >= 11 is 0. The number of benzene rings is 1. The van der Waals surface area contributed by atoms with Gasteiger partial charge in [-0.15, -0.1) is 0 Å². The molecule has 1 saturated heterocycles. The predicted molar refractivity (Wildman–Crippen MR) is 72.4 cm³/mol. The van der Waals surface area contributed by atoms with Crippen LogP contribution in [0.25, 0.3) is 0 Å². The van der Waals surface area contributed by atoms with Gasteiger partial charge in [0.15, 0.2) is 0 Å². The molecule has 4 nitrogen and oxygen atoms in total. The minimum absolute atomic E-state index is 0.663. The molecule has 4 heteroatoms. The van der Waals surface area contributed by atoms with Crippen LogP contribution in [0.5, 0.6) is 5.75 Å². The van der Waals surface area contributed by atoms with Gasteiger partial charge in [-0.3, -0.25) is 0 Å². The van der Waals surface area contributed by atoms with Gasteiger partial charge in [-0.2, -0.15) is 0 Å². The molecule has 2 fully saturated rings. The number of nitrogen functional groups attached to an aromatic ring is 1. The van der Waals surface area contributed by atoms with Crippen LogP contribution in [0.15, 0.2) is 12.1 Å². The van der Waals surface area contributed by atoms with Crippen LogP contribution in [0.3, 0.4) is 0 Å². The molecular weight excluding hydrogens is 228 g/mol. The zero-order chi connectivity index (χ0) is 12.5. The normalized spacial score (nSPS) is 19.9. The molecule has 1 aliphatic carbocycles. The summed E-state index contributed by atoms with van der Waals surface area (Å²) in [6, 6.07) is 4.19. The van der Waals surface area contributed by atoms with Crippen LogP contribution < -0.4 is 15.4 Å². The van der Waals surface area contributed by atoms with Gasteiger partial charge in [-0.25, -0.2) is 0 Å². The minimum atomic E-state index is 0.663. The highest BCUT2D eigenvalue weighted by Crippen LogP contribution is 2.46. The van der Waals surface area contributed by atoms with Gasteiger partial charge in [-0.05, 0) is 30.4 Å². The van der Waals surface area contributed by atoms with Crippen molar-refractivity contribution < 1.29 is 9.47 Å². The predicted octanol–water partition coefficient (Wildman–Crippen LogP) is 1.99. The molecule has 0 atom stereocenters. The van der Waals surface area contributed by atoms with E-state index in [1.165, 1.54) is 18.4 Å². The zero-order valence-electron chi connectivity index (χ0n) is 10.8. The van der Waals surface area contributed by atoms with Crippen molar-refractivity contribution in [2.75, 3.05) is 44.0 Å². The summed E-state index contributed by atoms with van der Waals surface area (Å²) in [6.45, 7) is 3.41. The highest BCUT2D eigenvalue weighted by Gasteiger charge is 2.28. The van der Waals surface area contributed by atoms with Crippen molar-refractivity contribution in [2.45, 2.75) is 18.8 Å². The Kier molecular flexibility index (Phi) is 3.04. The van der Waals surface area contributed by atoms with E-state index in [2.05, 4.69) is 11.0 Å². The Labute approximate surface area is 108 Å². The van der Waals surface area contributed by atoms with Crippen molar-refractivity contribution in [3.8, 4) is 5.75 Å². The summed E-state index contributed by atoms with van der Waals surface area (Å²) in [4.78, 5) is 2.33. The van der Waals surface area contributed by atoms with Gasteiger partial charge in [-0.1, -0.05) is 0 Å². The molecule has 98 valence electrons. The summed E-state index contributed by atoms with van der Waals surface area (Å²) in [5.74, 6) is 1.54. The first kappa shape index (κ1) is 11.7. The minimum Gasteiger partial charge on any atom is -0.495 e. The first-order valence-electron chi connectivity index (χ1n) is 6.59. The smallest absolute Gasteiger partial charge is 0.144 e. The first-order valence-corrected chi connectivity index (χ1v) is 6.59. The van der Waals surface area contributed by atoms with Crippen molar-refractivity contribution in [3.05, 3.63) is 17.7 Å². The molecule has 18 heavy (non-hydrogen) atoms. The van der Waals surface area contributed by atoms with Crippen molar-refractivity contribution in [3.63, 3.8) is 0 Å². The molecule has 0 spiro atoms. The van der Waals surface area contributed by atoms with Crippen LogP contribution >= 0.6 is 0 Å². The van der Waals surface area contributed by atoms with Gasteiger partial charge in [0.1, 0.15) is 5.75 Å². The molecule has 0 aromatic heterocycles. The van der Waals surface area contributed by atoms with Gasteiger partial charge in [0, 0.05) is 24.8 Å². The topological polar surface area (TPSA) is 47.7 Å². The van der Waals surface area contributed by atoms with Crippen LogP contribution in [-0.4, -0.2) is 33.4 Å². The quantitative estimate of drug-likeness (QED) is 0.831. The average molecular weight is 248 g/mol. The second-order valence-electron chi connectivity index (χ2n) is 5.03. The summed E-state index contributed by atoms with van der Waals surface area (Å²) in [5.41, 5.74) is 9.43. The average Bonchev–Trinajstić information content (AvgIpc) is 3.23. The number of methoxy groups -OCH3 is 1. The highest BCUT2D eigenvalue weighted by atomic mass is 16.5. The maximum Gasteiger partial charge on any atom is 0.144 e. The van der Waals surface area contributed by atoms with E-state index in [9.17, 15) is 0 Å². The van der Waals surface area contributed by atoms with E-state index < -0.39 is 0 Å². The monoisotopic (exact) mass is 248 g/mol. The summed E-state index contributed by atoms with van der Waals surface area (Å²) < 4.78 is 10.9. The first-order chi connectivity index (χ1) is 8.79. The van der Waals surface area contributed by atoms with Gasteiger partial charge >= 0.3 is 0 Å². The van der Waals surface area contributed by atoms with E-state index in [0.717, 1.165) is 43.4 Å². The maximum atomic E-state index is 6.11. The molecule has 0 bridgehead atoms. The number of morpholine rings is 1. The molecule has 0 radical (unpaired) electrons. The SMILES string of the molecule is COc1cc(N)c(C2CC2)cc1N1CCOCC1. The third-order valence-corrected chi connectivity index (χ3v) is 3.75. The Morgan fingerprint density at radius 1 is 1.28 bits per heavy atom. The van der Waals surface area contributed by atoms with Crippen molar-refractivity contribution >= 4 is 11.4 Å². The lowest BCUT2D eigenvalue weighted by molar-refractivity contribution is 0.122. The molecule has 1 heterocycles. The van der Waals surface area contributed by atoms with Gasteiger partial charge in [0.05, 0.1) is 26.0 Å². The van der Waals surface area contributed by atoms with E-state index in [1.54, 1.807) is 7.11 Å². The van der Waals surface area contributed by atoms with Gasteiger partial charge < -0.3 is 20.1 Å². The van der Waals surface area contributed by atoms with Crippen molar-refractivity contribution in [1.29, 1.82) is 0 Å². The molecule has 1 saturated carbocycles. The van der Waals surface area contributed by atoms with E-state index in [4.69, 9.17) is 15.2 Å². The Morgan fingerprint density at radius 3 is 2.61 bits per heavy atom. The number of hydrogen-bond donors (Lipinski definition) is 1. The van der Waals surface area contributed by atoms with E-state index in [-0.39, 0.29) is 0 Å². The number of nitrogens with two attached hydrogens (primary N) is 1. The van der Waals surface area contributed by atoms with E-state index in [0.29, 0.717) is 5.92 Å².